The molecule has 5 aliphatic rings. The second-order valence-corrected chi connectivity index (χ2v) is 12.0. The van der Waals surface area contributed by atoms with Crippen LogP contribution in [0.4, 0.5) is 17.1 Å². The van der Waals surface area contributed by atoms with E-state index in [0.717, 1.165) is 75.2 Å². The van der Waals surface area contributed by atoms with E-state index in [2.05, 4.69) is 40.2 Å². The molecule has 0 amide bonds. The Labute approximate surface area is 241 Å². The summed E-state index contributed by atoms with van der Waals surface area (Å²) >= 11 is 0. The minimum absolute atomic E-state index is 0.0253. The Morgan fingerprint density at radius 3 is 2.12 bits per heavy atom. The number of ketones is 1. The Bertz CT molecular complexity index is 2020. The number of carbonyl (C=O) groups excluding carboxylic acids is 1. The first kappa shape index (κ1) is 24.2. The van der Waals surface area contributed by atoms with Gasteiger partial charge < -0.3 is 30.5 Å². The third-order valence-corrected chi connectivity index (χ3v) is 9.63. The molecule has 4 aliphatic heterocycles. The molecular weight excluding hydrogens is 528 g/mol. The summed E-state index contributed by atoms with van der Waals surface area (Å²) in [6, 6.07) is 20.3. The van der Waals surface area contributed by atoms with Crippen molar-refractivity contribution in [2.45, 2.75) is 37.0 Å². The van der Waals surface area contributed by atoms with Crippen LogP contribution in [0.1, 0.15) is 31.2 Å². The molecule has 1 aliphatic carbocycles. The van der Waals surface area contributed by atoms with Gasteiger partial charge >= 0.3 is 0 Å². The van der Waals surface area contributed by atoms with Crippen LogP contribution in [0.15, 0.2) is 71.4 Å². The maximum absolute atomic E-state index is 14.1. The Morgan fingerprint density at radius 2 is 1.38 bits per heavy atom. The molecule has 0 radical (unpaired) electrons. The summed E-state index contributed by atoms with van der Waals surface area (Å²) in [4.78, 5) is 19.4. The summed E-state index contributed by atoms with van der Waals surface area (Å²) in [7, 11) is 0. The van der Waals surface area contributed by atoms with Crippen LogP contribution in [0.2, 0.25) is 0 Å². The molecule has 0 unspecified atom stereocenters. The average Bonchev–Trinajstić information content (AvgIpc) is 3.00. The fourth-order valence-electron chi connectivity index (χ4n) is 7.44. The number of hydrogen-bond acceptors (Lipinski definition) is 8. The molecule has 42 heavy (non-hydrogen) atoms. The second-order valence-electron chi connectivity index (χ2n) is 12.0. The van der Waals surface area contributed by atoms with Crippen molar-refractivity contribution in [3.05, 3.63) is 82.6 Å². The highest BCUT2D eigenvalue weighted by atomic mass is 16.5. The monoisotopic (exact) mass is 558 g/mol. The number of carbonyl (C=O) groups is 1. The van der Waals surface area contributed by atoms with Gasteiger partial charge in [0.25, 0.3) is 0 Å². The lowest BCUT2D eigenvalue weighted by Gasteiger charge is -2.44. The van der Waals surface area contributed by atoms with Crippen LogP contribution in [0, 0.1) is 0 Å². The number of benzene rings is 4. The maximum Gasteiger partial charge on any atom is 0.201 e. The first-order valence-corrected chi connectivity index (χ1v) is 14.8. The lowest BCUT2D eigenvalue weighted by atomic mass is 9.79. The quantitative estimate of drug-likeness (QED) is 0.271. The normalized spacial score (nSPS) is 22.8. The summed E-state index contributed by atoms with van der Waals surface area (Å²) in [5.74, 6) is -0.137. The van der Waals surface area contributed by atoms with E-state index >= 15 is 0 Å². The zero-order valence-electron chi connectivity index (χ0n) is 23.0. The molecule has 4 aromatic carbocycles. The van der Waals surface area contributed by atoms with Crippen LogP contribution in [0.5, 0.6) is 0 Å². The van der Waals surface area contributed by atoms with E-state index in [9.17, 15) is 9.90 Å². The number of nitrogens with zero attached hydrogens (tertiary/aromatic N) is 1. The molecule has 0 aromatic heterocycles. The first-order valence-electron chi connectivity index (χ1n) is 14.8. The summed E-state index contributed by atoms with van der Waals surface area (Å²) < 4.78 is 11.3. The predicted octanol–water partition coefficient (Wildman–Crippen LogP) is 4.59. The number of nitrogens with one attached hydrogen (secondary N) is 3. The van der Waals surface area contributed by atoms with Crippen LogP contribution in [0.25, 0.3) is 32.7 Å². The fourth-order valence-corrected chi connectivity index (χ4v) is 7.44. The van der Waals surface area contributed by atoms with Gasteiger partial charge in [-0.05, 0) is 22.9 Å². The van der Waals surface area contributed by atoms with Crippen LogP contribution in [-0.4, -0.2) is 48.6 Å². The van der Waals surface area contributed by atoms with Gasteiger partial charge in [0, 0.05) is 58.6 Å². The molecule has 2 fully saturated rings. The van der Waals surface area contributed by atoms with E-state index < -0.39 is 5.66 Å². The largest absolute Gasteiger partial charge is 0.506 e. The van der Waals surface area contributed by atoms with Crippen molar-refractivity contribution in [2.75, 3.05) is 42.4 Å². The number of Topliss-reactive ketones (excluding diaryl/α,β-unsaturated/α-hetero) is 1. The standard InChI is InChI=1S/C34H30N4O4/c39-31-27(21-9-7-19-3-1-5-23-25(19)29(21)37-33(35-23)11-15-41-16-12-33)32(40)28(31)22-10-8-20-4-2-6-24-26(20)30(22)38-34(36-24)13-17-42-18-14-34/h1-10,35-37,39H,11-18H2. The Balaban J connectivity index is 1.27. The van der Waals surface area contributed by atoms with E-state index in [1.165, 1.54) is 0 Å². The summed E-state index contributed by atoms with van der Waals surface area (Å²) in [5.41, 5.74) is 3.47. The zero-order valence-corrected chi connectivity index (χ0v) is 23.0. The predicted molar refractivity (Wildman–Crippen MR) is 163 cm³/mol. The van der Waals surface area contributed by atoms with E-state index in [1.807, 2.05) is 36.4 Å². The molecular formula is C34H30N4O4. The molecule has 0 bridgehead atoms. The van der Waals surface area contributed by atoms with Gasteiger partial charge in [0.05, 0.1) is 48.6 Å². The van der Waals surface area contributed by atoms with Crippen LogP contribution >= 0.6 is 0 Å². The van der Waals surface area contributed by atoms with Crippen LogP contribution in [-0.2, 0) is 14.3 Å². The highest BCUT2D eigenvalue weighted by Crippen LogP contribution is 2.48. The lowest BCUT2D eigenvalue weighted by molar-refractivity contribution is -0.109. The third kappa shape index (κ3) is 3.30. The van der Waals surface area contributed by atoms with Crippen molar-refractivity contribution >= 4 is 55.5 Å². The van der Waals surface area contributed by atoms with Gasteiger partial charge in [0.1, 0.15) is 17.1 Å². The van der Waals surface area contributed by atoms with E-state index in [-0.39, 0.29) is 17.2 Å². The number of aliphatic hydroxyl groups excluding tert-OH is 1. The molecule has 4 N–H and O–H groups in total. The van der Waals surface area contributed by atoms with Gasteiger partial charge in [0.2, 0.25) is 5.78 Å². The molecule has 8 heteroatoms. The minimum atomic E-state index is -0.487. The van der Waals surface area contributed by atoms with Crippen molar-refractivity contribution in [2.24, 2.45) is 4.99 Å². The summed E-state index contributed by atoms with van der Waals surface area (Å²) in [5, 5.41) is 28.4. The molecule has 4 heterocycles. The average molecular weight is 559 g/mol. The topological polar surface area (TPSA) is 104 Å². The van der Waals surface area contributed by atoms with Gasteiger partial charge in [-0.25, -0.2) is 0 Å². The molecule has 2 spiro atoms. The van der Waals surface area contributed by atoms with Crippen LogP contribution in [0.3, 0.4) is 0 Å². The number of allylic oxidation sites excluding steroid dienone is 2. The Hall–Kier alpha value is -4.40. The zero-order chi connectivity index (χ0) is 28.1. The molecule has 4 aromatic rings. The van der Waals surface area contributed by atoms with Crippen molar-refractivity contribution in [1.29, 1.82) is 0 Å². The van der Waals surface area contributed by atoms with E-state index in [0.29, 0.717) is 42.8 Å². The molecule has 0 atom stereocenters. The number of anilines is 3. The van der Waals surface area contributed by atoms with Gasteiger partial charge in [-0.3, -0.25) is 9.79 Å². The lowest BCUT2D eigenvalue weighted by Crippen LogP contribution is -2.52. The smallest absolute Gasteiger partial charge is 0.201 e. The number of rotatable bonds is 1. The van der Waals surface area contributed by atoms with Crippen molar-refractivity contribution < 1.29 is 19.4 Å². The molecule has 9 rings (SSSR count). The van der Waals surface area contributed by atoms with Gasteiger partial charge in [-0.2, -0.15) is 0 Å². The summed E-state index contributed by atoms with van der Waals surface area (Å²) in [6.07, 6.45) is 3.06. The number of hydrogen-bond donors (Lipinski definition) is 4. The van der Waals surface area contributed by atoms with Crippen LogP contribution < -0.4 is 26.5 Å². The molecule has 0 saturated carbocycles. The third-order valence-electron chi connectivity index (χ3n) is 9.63. The number of aliphatic hydroxyl groups is 1. The van der Waals surface area contributed by atoms with Gasteiger partial charge in [-0.15, -0.1) is 0 Å². The highest BCUT2D eigenvalue weighted by Gasteiger charge is 2.42. The van der Waals surface area contributed by atoms with E-state index in [4.69, 9.17) is 14.5 Å². The second kappa shape index (κ2) is 8.56. The Morgan fingerprint density at radius 1 is 0.714 bits per heavy atom. The van der Waals surface area contributed by atoms with E-state index in [1.54, 1.807) is 0 Å². The van der Waals surface area contributed by atoms with Gasteiger partial charge in [0.15, 0.2) is 0 Å². The number of ether oxygens (including phenoxy) is 2. The van der Waals surface area contributed by atoms with Gasteiger partial charge in [-0.1, -0.05) is 48.5 Å². The Kier molecular flexibility index (Phi) is 4.94. The molecule has 210 valence electrons. The minimum Gasteiger partial charge on any atom is -0.506 e. The maximum atomic E-state index is 14.1. The fraction of sp³-hybridized carbons (Fsp3) is 0.294. The highest BCUT2D eigenvalue weighted by molar-refractivity contribution is 6.52. The van der Waals surface area contributed by atoms with Crippen molar-refractivity contribution in [3.8, 4) is 0 Å². The SMILES string of the molecule is O=C1C(c2ccc3cccc4c3c2NC2(CCOCC2)N4)=C(O)C1=c1ccc2cccc3c2c1=NC1(CCOCC1)N3. The molecule has 2 saturated heterocycles. The summed E-state index contributed by atoms with van der Waals surface area (Å²) in [6.45, 7) is 2.54. The van der Waals surface area contributed by atoms with Crippen molar-refractivity contribution in [1.82, 2.24) is 0 Å². The first-order chi connectivity index (χ1) is 20.5. The van der Waals surface area contributed by atoms with Crippen molar-refractivity contribution in [3.63, 3.8) is 0 Å². The molecule has 8 nitrogen and oxygen atoms in total.